The van der Waals surface area contributed by atoms with Crippen LogP contribution in [0, 0.1) is 17.2 Å². The number of carbonyl (C=O) groups excluding carboxylic acids is 2. The maximum Gasteiger partial charge on any atom is 0.253 e. The summed E-state index contributed by atoms with van der Waals surface area (Å²) in [6, 6.07) is 9.17. The summed E-state index contributed by atoms with van der Waals surface area (Å²) in [5.41, 5.74) is 1.06. The van der Waals surface area contributed by atoms with E-state index in [-0.39, 0.29) is 29.0 Å². The summed E-state index contributed by atoms with van der Waals surface area (Å²) in [6.45, 7) is 1.21. The van der Waals surface area contributed by atoms with Crippen molar-refractivity contribution in [2.24, 2.45) is 11.3 Å². The number of aromatic nitrogens is 1. The third kappa shape index (κ3) is 2.99. The molecule has 1 aliphatic carbocycles. The molecule has 0 radical (unpaired) electrons. The summed E-state index contributed by atoms with van der Waals surface area (Å²) in [5.74, 6) is -0.540. The molecule has 2 amide bonds. The normalized spacial score (nSPS) is 24.4. The first-order chi connectivity index (χ1) is 12.1. The molecule has 1 aliphatic heterocycles. The third-order valence-electron chi connectivity index (χ3n) is 5.20. The molecule has 25 heavy (non-hydrogen) atoms. The summed E-state index contributed by atoms with van der Waals surface area (Å²) in [6.07, 6.45) is 4.90. The first kappa shape index (κ1) is 15.7. The maximum atomic E-state index is 13.0. The van der Waals surface area contributed by atoms with Crippen molar-refractivity contribution in [2.45, 2.75) is 12.8 Å². The Morgan fingerprint density at radius 2 is 2.04 bits per heavy atom. The highest BCUT2D eigenvalue weighted by atomic mass is 19.1. The molecule has 0 unspecified atom stereocenters. The largest absolute Gasteiger partial charge is 0.338 e. The van der Waals surface area contributed by atoms with Gasteiger partial charge in [0.15, 0.2) is 0 Å². The standard InChI is InChI=1S/C19H18FN3O2/c20-14-5-3-13(4-6-14)18(25)23-9-7-19(12-23)10-16(19)17(24)22-15-2-1-8-21-11-15/h1-6,8,11,16H,7,9-10,12H2,(H,22,24)/t16-,19-/m0/s1. The van der Waals surface area contributed by atoms with Crippen LogP contribution in [0.15, 0.2) is 48.8 Å². The second-order valence-electron chi connectivity index (χ2n) is 6.83. The Morgan fingerprint density at radius 1 is 1.24 bits per heavy atom. The molecule has 1 N–H and O–H groups in total. The Morgan fingerprint density at radius 3 is 2.76 bits per heavy atom. The van der Waals surface area contributed by atoms with Crippen LogP contribution in [0.5, 0.6) is 0 Å². The second-order valence-corrected chi connectivity index (χ2v) is 6.83. The molecule has 1 saturated heterocycles. The van der Waals surface area contributed by atoms with Gasteiger partial charge in [0.1, 0.15) is 5.82 Å². The first-order valence-corrected chi connectivity index (χ1v) is 8.33. The molecule has 1 saturated carbocycles. The first-order valence-electron chi connectivity index (χ1n) is 8.33. The van der Waals surface area contributed by atoms with Gasteiger partial charge in [0.25, 0.3) is 5.91 Å². The Labute approximate surface area is 144 Å². The van der Waals surface area contributed by atoms with Crippen molar-refractivity contribution in [2.75, 3.05) is 18.4 Å². The third-order valence-corrected chi connectivity index (χ3v) is 5.20. The second kappa shape index (κ2) is 5.95. The molecule has 4 rings (SSSR count). The highest BCUT2D eigenvalue weighted by Crippen LogP contribution is 2.58. The molecule has 1 spiro atoms. The number of halogens is 1. The molecule has 6 heteroatoms. The Balaban J connectivity index is 1.39. The van der Waals surface area contributed by atoms with Crippen molar-refractivity contribution < 1.29 is 14.0 Å². The molecule has 5 nitrogen and oxygen atoms in total. The van der Waals surface area contributed by atoms with Crippen LogP contribution in [0.1, 0.15) is 23.2 Å². The van der Waals surface area contributed by atoms with Crippen LogP contribution in [-0.4, -0.2) is 34.8 Å². The van der Waals surface area contributed by atoms with Gasteiger partial charge in [-0.05, 0) is 49.2 Å². The van der Waals surface area contributed by atoms with Crippen LogP contribution in [-0.2, 0) is 4.79 Å². The van der Waals surface area contributed by atoms with E-state index in [2.05, 4.69) is 10.3 Å². The van der Waals surface area contributed by atoms with Gasteiger partial charge in [-0.15, -0.1) is 0 Å². The van der Waals surface area contributed by atoms with Crippen LogP contribution in [0.2, 0.25) is 0 Å². The van der Waals surface area contributed by atoms with E-state index in [0.29, 0.717) is 24.3 Å². The molecular formula is C19H18FN3O2. The highest BCUT2D eigenvalue weighted by molar-refractivity contribution is 5.96. The number of hydrogen-bond acceptors (Lipinski definition) is 3. The monoisotopic (exact) mass is 339 g/mol. The predicted octanol–water partition coefficient (Wildman–Crippen LogP) is 2.71. The molecule has 2 fully saturated rings. The predicted molar refractivity (Wildman–Crippen MR) is 90.3 cm³/mol. The van der Waals surface area contributed by atoms with Gasteiger partial charge in [-0.3, -0.25) is 14.6 Å². The van der Waals surface area contributed by atoms with E-state index in [1.165, 1.54) is 24.3 Å². The zero-order chi connectivity index (χ0) is 17.4. The van der Waals surface area contributed by atoms with Crippen LogP contribution in [0.3, 0.4) is 0 Å². The topological polar surface area (TPSA) is 62.3 Å². The van der Waals surface area contributed by atoms with Crippen molar-refractivity contribution in [3.05, 3.63) is 60.2 Å². The zero-order valence-electron chi connectivity index (χ0n) is 13.6. The summed E-state index contributed by atoms with van der Waals surface area (Å²) >= 11 is 0. The van der Waals surface area contributed by atoms with Gasteiger partial charge in [0.2, 0.25) is 5.91 Å². The Bertz CT molecular complexity index is 809. The van der Waals surface area contributed by atoms with E-state index >= 15 is 0 Å². The number of rotatable bonds is 3. The van der Waals surface area contributed by atoms with Crippen LogP contribution < -0.4 is 5.32 Å². The number of hydrogen-bond donors (Lipinski definition) is 1. The quantitative estimate of drug-likeness (QED) is 0.935. The fourth-order valence-electron chi connectivity index (χ4n) is 3.68. The number of amides is 2. The van der Waals surface area contributed by atoms with Gasteiger partial charge in [-0.2, -0.15) is 0 Å². The van der Waals surface area contributed by atoms with Gasteiger partial charge in [0.05, 0.1) is 11.9 Å². The van der Waals surface area contributed by atoms with Gasteiger partial charge in [-0.1, -0.05) is 0 Å². The molecule has 128 valence electrons. The van der Waals surface area contributed by atoms with Crippen molar-refractivity contribution in [3.8, 4) is 0 Å². The smallest absolute Gasteiger partial charge is 0.253 e. The van der Waals surface area contributed by atoms with Gasteiger partial charge >= 0.3 is 0 Å². The Hall–Kier alpha value is -2.76. The fraction of sp³-hybridized carbons (Fsp3) is 0.316. The fourth-order valence-corrected chi connectivity index (χ4v) is 3.68. The van der Waals surface area contributed by atoms with Crippen molar-refractivity contribution >= 4 is 17.5 Å². The number of nitrogens with zero attached hydrogens (tertiary/aromatic N) is 2. The van der Waals surface area contributed by atoms with Gasteiger partial charge in [-0.25, -0.2) is 4.39 Å². The van der Waals surface area contributed by atoms with E-state index in [1.54, 1.807) is 29.4 Å². The zero-order valence-corrected chi connectivity index (χ0v) is 13.6. The molecule has 2 aliphatic rings. The average Bonchev–Trinajstić information content (AvgIpc) is 3.16. The molecule has 2 atom stereocenters. The number of nitrogens with one attached hydrogen (secondary N) is 1. The maximum absolute atomic E-state index is 13.0. The van der Waals surface area contributed by atoms with Crippen molar-refractivity contribution in [1.82, 2.24) is 9.88 Å². The number of carbonyl (C=O) groups is 2. The average molecular weight is 339 g/mol. The lowest BCUT2D eigenvalue weighted by Gasteiger charge is -2.17. The van der Waals surface area contributed by atoms with Crippen LogP contribution in [0.25, 0.3) is 0 Å². The van der Waals surface area contributed by atoms with Gasteiger partial charge in [0, 0.05) is 36.2 Å². The number of anilines is 1. The van der Waals surface area contributed by atoms with Crippen molar-refractivity contribution in [3.63, 3.8) is 0 Å². The molecule has 2 heterocycles. The molecule has 1 aromatic carbocycles. The van der Waals surface area contributed by atoms with Crippen LogP contribution >= 0.6 is 0 Å². The summed E-state index contributed by atoms with van der Waals surface area (Å²) in [4.78, 5) is 30.7. The minimum atomic E-state index is -0.358. The van der Waals surface area contributed by atoms with E-state index in [9.17, 15) is 14.0 Å². The molecule has 2 aromatic rings. The summed E-state index contributed by atoms with van der Waals surface area (Å²) in [5, 5.41) is 2.89. The number of pyridine rings is 1. The molecular weight excluding hydrogens is 321 g/mol. The van der Waals surface area contributed by atoms with E-state index in [4.69, 9.17) is 0 Å². The van der Waals surface area contributed by atoms with Gasteiger partial charge < -0.3 is 10.2 Å². The minimum Gasteiger partial charge on any atom is -0.338 e. The van der Waals surface area contributed by atoms with Crippen molar-refractivity contribution in [1.29, 1.82) is 0 Å². The summed E-state index contributed by atoms with van der Waals surface area (Å²) in [7, 11) is 0. The summed E-state index contributed by atoms with van der Waals surface area (Å²) < 4.78 is 13.0. The number of benzene rings is 1. The highest BCUT2D eigenvalue weighted by Gasteiger charge is 2.61. The lowest BCUT2D eigenvalue weighted by atomic mass is 10.0. The number of likely N-dealkylation sites (tertiary alicyclic amines) is 1. The SMILES string of the molecule is O=C(Nc1cccnc1)[C@@H]1C[C@]12CCN(C(=O)c1ccc(F)cc1)C2. The molecule has 0 bridgehead atoms. The lowest BCUT2D eigenvalue weighted by molar-refractivity contribution is -0.118. The lowest BCUT2D eigenvalue weighted by Crippen LogP contribution is -2.30. The van der Waals surface area contributed by atoms with Crippen LogP contribution in [0.4, 0.5) is 10.1 Å². The van der Waals surface area contributed by atoms with E-state index in [0.717, 1.165) is 12.8 Å². The Kier molecular flexibility index (Phi) is 3.75. The van der Waals surface area contributed by atoms with E-state index < -0.39 is 0 Å². The molecule has 1 aromatic heterocycles. The minimum absolute atomic E-state index is 0.0101. The van der Waals surface area contributed by atoms with E-state index in [1.807, 2.05) is 0 Å².